The van der Waals surface area contributed by atoms with E-state index in [2.05, 4.69) is 10.1 Å². The van der Waals surface area contributed by atoms with Crippen molar-refractivity contribution < 1.29 is 9.47 Å². The number of rotatable bonds is 5. The zero-order valence-electron chi connectivity index (χ0n) is 11.3. The second kappa shape index (κ2) is 5.71. The van der Waals surface area contributed by atoms with E-state index >= 15 is 0 Å². The highest BCUT2D eigenvalue weighted by molar-refractivity contribution is 5.42. The highest BCUT2D eigenvalue weighted by Crippen LogP contribution is 2.29. The van der Waals surface area contributed by atoms with Crippen molar-refractivity contribution in [2.75, 3.05) is 7.11 Å². The van der Waals surface area contributed by atoms with Gasteiger partial charge in [-0.3, -0.25) is 4.68 Å². The summed E-state index contributed by atoms with van der Waals surface area (Å²) < 4.78 is 12.7. The molecule has 0 radical (unpaired) electrons. The van der Waals surface area contributed by atoms with Crippen LogP contribution in [0.3, 0.4) is 0 Å². The lowest BCUT2D eigenvalue weighted by Crippen LogP contribution is -2.10. The Kier molecular flexibility index (Phi) is 4.01. The second-order valence-corrected chi connectivity index (χ2v) is 4.28. The predicted molar refractivity (Wildman–Crippen MR) is 70.9 cm³/mol. The van der Waals surface area contributed by atoms with Crippen molar-refractivity contribution in [3.63, 3.8) is 0 Å². The number of hydrogen-bond acceptors (Lipinski definition) is 5. The van der Waals surface area contributed by atoms with Gasteiger partial charge in [-0.25, -0.2) is 4.98 Å². The van der Waals surface area contributed by atoms with Crippen LogP contribution < -0.4 is 15.2 Å². The van der Waals surface area contributed by atoms with Gasteiger partial charge in [0.2, 0.25) is 0 Å². The smallest absolute Gasteiger partial charge is 0.164 e. The molecule has 0 amide bonds. The molecule has 0 aliphatic heterocycles. The highest BCUT2D eigenvalue weighted by atomic mass is 16.5. The van der Waals surface area contributed by atoms with Crippen LogP contribution in [0.15, 0.2) is 24.5 Å². The first kappa shape index (κ1) is 13.4. The maximum Gasteiger partial charge on any atom is 0.164 e. The summed E-state index contributed by atoms with van der Waals surface area (Å²) >= 11 is 0. The lowest BCUT2D eigenvalue weighted by Gasteiger charge is -2.15. The third-order valence-electron chi connectivity index (χ3n) is 2.87. The molecule has 2 N–H and O–H groups in total. The van der Waals surface area contributed by atoms with E-state index in [4.69, 9.17) is 15.2 Å². The fraction of sp³-hybridized carbons (Fsp3) is 0.385. The average molecular weight is 262 g/mol. The largest absolute Gasteiger partial charge is 0.497 e. The summed E-state index contributed by atoms with van der Waals surface area (Å²) in [5.41, 5.74) is 6.86. The summed E-state index contributed by atoms with van der Waals surface area (Å²) in [6.45, 7) is 2.25. The standard InChI is InChI=1S/C13H18N4O2/c1-9(14)11-5-4-10(18-3)6-12(11)19-7-13-15-8-16-17(13)2/h4-6,8-9H,7,14H2,1-3H3. The van der Waals surface area contributed by atoms with Gasteiger partial charge in [0, 0.05) is 24.7 Å². The number of benzene rings is 1. The molecule has 0 spiro atoms. The van der Waals surface area contributed by atoms with Gasteiger partial charge in [-0.2, -0.15) is 5.10 Å². The molecule has 0 bridgehead atoms. The molecule has 6 heteroatoms. The van der Waals surface area contributed by atoms with E-state index in [-0.39, 0.29) is 6.04 Å². The minimum atomic E-state index is -0.111. The molecule has 1 aromatic heterocycles. The Labute approximate surface area is 112 Å². The van der Waals surface area contributed by atoms with E-state index in [0.717, 1.165) is 17.1 Å². The second-order valence-electron chi connectivity index (χ2n) is 4.28. The summed E-state index contributed by atoms with van der Waals surface area (Å²) in [5, 5.41) is 4.00. The molecule has 102 valence electrons. The van der Waals surface area contributed by atoms with E-state index in [1.807, 2.05) is 32.2 Å². The zero-order valence-corrected chi connectivity index (χ0v) is 11.3. The summed E-state index contributed by atoms with van der Waals surface area (Å²) in [6, 6.07) is 5.50. The maximum atomic E-state index is 5.93. The van der Waals surface area contributed by atoms with E-state index in [1.54, 1.807) is 11.8 Å². The van der Waals surface area contributed by atoms with Crippen LogP contribution in [0, 0.1) is 0 Å². The van der Waals surface area contributed by atoms with Crippen molar-refractivity contribution >= 4 is 0 Å². The van der Waals surface area contributed by atoms with Gasteiger partial charge >= 0.3 is 0 Å². The van der Waals surface area contributed by atoms with E-state index < -0.39 is 0 Å². The third kappa shape index (κ3) is 3.03. The number of aryl methyl sites for hydroxylation is 1. The Bertz CT molecular complexity index is 551. The van der Waals surface area contributed by atoms with Crippen molar-refractivity contribution in [3.05, 3.63) is 35.9 Å². The van der Waals surface area contributed by atoms with Gasteiger partial charge in [0.15, 0.2) is 5.82 Å². The lowest BCUT2D eigenvalue weighted by molar-refractivity contribution is 0.283. The predicted octanol–water partition coefficient (Wildman–Crippen LogP) is 1.42. The molecular weight excluding hydrogens is 244 g/mol. The summed E-state index contributed by atoms with van der Waals surface area (Å²) in [4.78, 5) is 4.11. The Hall–Kier alpha value is -2.08. The summed E-state index contributed by atoms with van der Waals surface area (Å²) in [6.07, 6.45) is 1.50. The minimum absolute atomic E-state index is 0.111. The van der Waals surface area contributed by atoms with Crippen molar-refractivity contribution in [1.29, 1.82) is 0 Å². The molecule has 1 aromatic carbocycles. The van der Waals surface area contributed by atoms with Gasteiger partial charge in [-0.1, -0.05) is 6.07 Å². The molecule has 1 atom stereocenters. The number of nitrogens with zero attached hydrogens (tertiary/aromatic N) is 3. The van der Waals surface area contributed by atoms with Crippen LogP contribution >= 0.6 is 0 Å². The van der Waals surface area contributed by atoms with Crippen LogP contribution in [0.2, 0.25) is 0 Å². The molecule has 0 saturated heterocycles. The molecule has 6 nitrogen and oxygen atoms in total. The number of ether oxygens (including phenoxy) is 2. The quantitative estimate of drug-likeness (QED) is 0.882. The number of methoxy groups -OCH3 is 1. The number of aromatic nitrogens is 3. The Balaban J connectivity index is 2.20. The molecule has 0 aliphatic rings. The van der Waals surface area contributed by atoms with Crippen LogP contribution in [-0.4, -0.2) is 21.9 Å². The molecule has 0 aliphatic carbocycles. The van der Waals surface area contributed by atoms with E-state index in [1.165, 1.54) is 6.33 Å². The first-order valence-electron chi connectivity index (χ1n) is 6.01. The van der Waals surface area contributed by atoms with E-state index in [9.17, 15) is 0 Å². The van der Waals surface area contributed by atoms with Crippen LogP contribution in [0.5, 0.6) is 11.5 Å². The van der Waals surface area contributed by atoms with Crippen molar-refractivity contribution in [2.45, 2.75) is 19.6 Å². The Morgan fingerprint density at radius 2 is 2.21 bits per heavy atom. The molecule has 1 unspecified atom stereocenters. The average Bonchev–Trinajstić information content (AvgIpc) is 2.81. The molecule has 2 rings (SSSR count). The summed E-state index contributed by atoms with van der Waals surface area (Å²) in [7, 11) is 3.44. The highest BCUT2D eigenvalue weighted by Gasteiger charge is 2.11. The maximum absolute atomic E-state index is 5.93. The van der Waals surface area contributed by atoms with Crippen molar-refractivity contribution in [1.82, 2.24) is 14.8 Å². The molecule has 19 heavy (non-hydrogen) atoms. The van der Waals surface area contributed by atoms with Gasteiger partial charge in [0.25, 0.3) is 0 Å². The van der Waals surface area contributed by atoms with Gasteiger partial charge in [-0.05, 0) is 13.0 Å². The molecule has 0 fully saturated rings. The van der Waals surface area contributed by atoms with Crippen molar-refractivity contribution in [2.24, 2.45) is 12.8 Å². The SMILES string of the molecule is COc1ccc(C(C)N)c(OCc2ncnn2C)c1. The lowest BCUT2D eigenvalue weighted by atomic mass is 10.1. The fourth-order valence-corrected chi connectivity index (χ4v) is 1.74. The third-order valence-corrected chi connectivity index (χ3v) is 2.87. The van der Waals surface area contributed by atoms with Gasteiger partial charge in [0.1, 0.15) is 24.4 Å². The van der Waals surface area contributed by atoms with Gasteiger partial charge in [-0.15, -0.1) is 0 Å². The Morgan fingerprint density at radius 1 is 1.42 bits per heavy atom. The van der Waals surface area contributed by atoms with E-state index in [0.29, 0.717) is 12.4 Å². The number of hydrogen-bond donors (Lipinski definition) is 1. The monoisotopic (exact) mass is 262 g/mol. The molecular formula is C13H18N4O2. The van der Waals surface area contributed by atoms with Crippen LogP contribution in [0.1, 0.15) is 24.4 Å². The zero-order chi connectivity index (χ0) is 13.8. The first-order valence-corrected chi connectivity index (χ1v) is 6.01. The molecule has 2 aromatic rings. The topological polar surface area (TPSA) is 75.2 Å². The van der Waals surface area contributed by atoms with Crippen LogP contribution in [-0.2, 0) is 13.7 Å². The molecule has 1 heterocycles. The Morgan fingerprint density at radius 3 is 2.79 bits per heavy atom. The molecule has 0 saturated carbocycles. The van der Waals surface area contributed by atoms with Crippen LogP contribution in [0.4, 0.5) is 0 Å². The number of nitrogens with two attached hydrogens (primary N) is 1. The van der Waals surface area contributed by atoms with Crippen LogP contribution in [0.25, 0.3) is 0 Å². The van der Waals surface area contributed by atoms with Crippen molar-refractivity contribution in [3.8, 4) is 11.5 Å². The van der Waals surface area contributed by atoms with Gasteiger partial charge in [0.05, 0.1) is 7.11 Å². The fourth-order valence-electron chi connectivity index (χ4n) is 1.74. The minimum Gasteiger partial charge on any atom is -0.497 e. The summed E-state index contributed by atoms with van der Waals surface area (Å²) in [5.74, 6) is 2.19. The van der Waals surface area contributed by atoms with Gasteiger partial charge < -0.3 is 15.2 Å². The first-order chi connectivity index (χ1) is 9.11. The normalized spacial score (nSPS) is 12.2.